The van der Waals surface area contributed by atoms with Gasteiger partial charge in [-0.2, -0.15) is 0 Å². The molecule has 1 aromatic rings. The molecule has 0 atom stereocenters. The molecule has 2 rings (SSSR count). The summed E-state index contributed by atoms with van der Waals surface area (Å²) in [5, 5.41) is 3.10. The number of nitrogens with one attached hydrogen (secondary N) is 1. The van der Waals surface area contributed by atoms with E-state index in [4.69, 9.17) is 4.74 Å². The van der Waals surface area contributed by atoms with Crippen LogP contribution in [0.3, 0.4) is 0 Å². The zero-order valence-corrected chi connectivity index (χ0v) is 14.1. The summed E-state index contributed by atoms with van der Waals surface area (Å²) in [5.41, 5.74) is 1.40. The van der Waals surface area contributed by atoms with E-state index in [0.717, 1.165) is 6.42 Å². The monoisotopic (exact) mass is 327 g/mol. The van der Waals surface area contributed by atoms with Crippen LogP contribution < -0.4 is 5.32 Å². The van der Waals surface area contributed by atoms with E-state index >= 15 is 0 Å². The van der Waals surface area contributed by atoms with Gasteiger partial charge in [-0.1, -0.05) is 31.2 Å². The van der Waals surface area contributed by atoms with Crippen molar-refractivity contribution in [1.82, 2.24) is 5.32 Å². The van der Waals surface area contributed by atoms with Crippen molar-refractivity contribution in [3.8, 4) is 0 Å². The third-order valence-electron chi connectivity index (χ3n) is 3.72. The van der Waals surface area contributed by atoms with Crippen molar-refractivity contribution in [1.29, 1.82) is 0 Å². The maximum absolute atomic E-state index is 12.8. The van der Waals surface area contributed by atoms with Gasteiger partial charge in [0.1, 0.15) is 0 Å². The van der Waals surface area contributed by atoms with Crippen LogP contribution in [0.2, 0.25) is 0 Å². The van der Waals surface area contributed by atoms with Crippen LogP contribution in [0, 0.1) is 0 Å². The van der Waals surface area contributed by atoms with E-state index in [0.29, 0.717) is 23.4 Å². The second-order valence-electron chi connectivity index (χ2n) is 5.44. The second kappa shape index (κ2) is 7.73. The number of carbonyl (C=O) groups is 3. The number of hydrogen-bond acceptors (Lipinski definition) is 5. The number of esters is 1. The molecule has 0 bridgehead atoms. The molecule has 1 N–H and O–H groups in total. The van der Waals surface area contributed by atoms with E-state index < -0.39 is 5.97 Å². The van der Waals surface area contributed by atoms with Crippen LogP contribution in [0.5, 0.6) is 0 Å². The minimum absolute atomic E-state index is 0.0817. The maximum Gasteiger partial charge on any atom is 0.340 e. The fourth-order valence-electron chi connectivity index (χ4n) is 2.57. The van der Waals surface area contributed by atoms with Crippen LogP contribution in [0.4, 0.5) is 0 Å². The van der Waals surface area contributed by atoms with Crippen LogP contribution >= 0.6 is 0 Å². The molecule has 0 radical (unpaired) electrons. The summed E-state index contributed by atoms with van der Waals surface area (Å²) in [7, 11) is 0. The number of hydrogen-bond donors (Lipinski definition) is 1. The Hall–Kier alpha value is -2.69. The Morgan fingerprint density at radius 2 is 1.79 bits per heavy atom. The van der Waals surface area contributed by atoms with Gasteiger partial charge in [0, 0.05) is 28.9 Å². The van der Waals surface area contributed by atoms with Gasteiger partial charge in [0.15, 0.2) is 11.6 Å². The summed E-state index contributed by atoms with van der Waals surface area (Å²) in [6.45, 7) is 6.24. The summed E-state index contributed by atoms with van der Waals surface area (Å²) in [6.07, 6.45) is 2.09. The lowest BCUT2D eigenvalue weighted by atomic mass is 9.85. The number of ether oxygens (including phenoxy) is 1. The summed E-state index contributed by atoms with van der Waals surface area (Å²) >= 11 is 0. The van der Waals surface area contributed by atoms with E-state index in [2.05, 4.69) is 5.32 Å². The number of fused-ring (bicyclic) bond motifs is 1. The molecule has 0 amide bonds. The molecule has 0 fully saturated rings. The number of benzene rings is 1. The molecule has 0 aliphatic heterocycles. The van der Waals surface area contributed by atoms with Gasteiger partial charge in [0.05, 0.1) is 12.2 Å². The first-order valence-corrected chi connectivity index (χ1v) is 8.03. The predicted molar refractivity (Wildman–Crippen MR) is 90.8 cm³/mol. The Labute approximate surface area is 141 Å². The van der Waals surface area contributed by atoms with Crippen LogP contribution in [0.15, 0.2) is 47.2 Å². The Balaban J connectivity index is 2.53. The van der Waals surface area contributed by atoms with Gasteiger partial charge >= 0.3 is 5.97 Å². The Bertz CT molecular complexity index is 743. The lowest BCUT2D eigenvalue weighted by molar-refractivity contribution is -0.138. The van der Waals surface area contributed by atoms with E-state index in [-0.39, 0.29) is 29.3 Å². The molecule has 0 saturated carbocycles. The van der Waals surface area contributed by atoms with Crippen LogP contribution in [0.1, 0.15) is 47.9 Å². The highest BCUT2D eigenvalue weighted by atomic mass is 16.5. The molecule has 1 aliphatic carbocycles. The van der Waals surface area contributed by atoms with Gasteiger partial charge in [-0.05, 0) is 26.3 Å². The second-order valence-corrected chi connectivity index (χ2v) is 5.44. The van der Waals surface area contributed by atoms with Gasteiger partial charge in [-0.15, -0.1) is 0 Å². The molecule has 5 nitrogen and oxygen atoms in total. The first kappa shape index (κ1) is 17.7. The minimum atomic E-state index is -0.606. The molecule has 0 saturated heterocycles. The Morgan fingerprint density at radius 1 is 1.12 bits per heavy atom. The fourth-order valence-corrected chi connectivity index (χ4v) is 2.57. The maximum atomic E-state index is 12.8. The topological polar surface area (TPSA) is 72.5 Å². The fraction of sp³-hybridized carbons (Fsp3) is 0.316. The van der Waals surface area contributed by atoms with Gasteiger partial charge in [0.25, 0.3) is 0 Å². The van der Waals surface area contributed by atoms with Crippen LogP contribution in [-0.2, 0) is 9.53 Å². The molecule has 24 heavy (non-hydrogen) atoms. The van der Waals surface area contributed by atoms with E-state index in [9.17, 15) is 14.4 Å². The summed E-state index contributed by atoms with van der Waals surface area (Å²) < 4.78 is 5.09. The van der Waals surface area contributed by atoms with Crippen molar-refractivity contribution < 1.29 is 19.1 Å². The highest BCUT2D eigenvalue weighted by molar-refractivity contribution is 6.28. The SMILES string of the molecule is CCCN/C(C)=C(/C(=O)OCC)C1=CC(=O)c2ccccc2C1=O. The standard InChI is InChI=1S/C19H21NO4/c1-4-10-20-12(3)17(19(23)24-5-2)15-11-16(21)13-8-6-7-9-14(13)18(15)22/h6-9,11,20H,4-5,10H2,1-3H3/b17-12+. The molecule has 1 aromatic carbocycles. The molecule has 1 aliphatic rings. The number of rotatable bonds is 6. The first-order chi connectivity index (χ1) is 11.5. The molecule has 0 heterocycles. The zero-order chi connectivity index (χ0) is 17.7. The largest absolute Gasteiger partial charge is 0.462 e. The minimum Gasteiger partial charge on any atom is -0.462 e. The number of ketones is 2. The third-order valence-corrected chi connectivity index (χ3v) is 3.72. The van der Waals surface area contributed by atoms with Gasteiger partial charge in [0.2, 0.25) is 0 Å². The molecule has 0 spiro atoms. The van der Waals surface area contributed by atoms with Crippen molar-refractivity contribution in [2.75, 3.05) is 13.2 Å². The molecule has 5 heteroatoms. The highest BCUT2D eigenvalue weighted by Gasteiger charge is 2.31. The molecule has 0 unspecified atom stereocenters. The van der Waals surface area contributed by atoms with Crippen molar-refractivity contribution in [2.24, 2.45) is 0 Å². The third kappa shape index (κ3) is 3.45. The summed E-state index contributed by atoms with van der Waals surface area (Å²) in [5.74, 6) is -1.23. The molecule has 126 valence electrons. The number of carbonyl (C=O) groups excluding carboxylic acids is 3. The number of Topliss-reactive ketones (excluding diaryl/α,β-unsaturated/α-hetero) is 1. The molecule has 0 aromatic heterocycles. The van der Waals surface area contributed by atoms with Crippen LogP contribution in [-0.4, -0.2) is 30.7 Å². The van der Waals surface area contributed by atoms with E-state index in [1.54, 1.807) is 38.1 Å². The predicted octanol–water partition coefficient (Wildman–Crippen LogP) is 2.83. The summed E-state index contributed by atoms with van der Waals surface area (Å²) in [6, 6.07) is 6.61. The smallest absolute Gasteiger partial charge is 0.340 e. The summed E-state index contributed by atoms with van der Waals surface area (Å²) in [4.78, 5) is 37.5. The van der Waals surface area contributed by atoms with Gasteiger partial charge < -0.3 is 10.1 Å². The normalized spacial score (nSPS) is 14.5. The van der Waals surface area contributed by atoms with E-state index in [1.165, 1.54) is 6.08 Å². The number of allylic oxidation sites excluding steroid dienone is 2. The lowest BCUT2D eigenvalue weighted by Crippen LogP contribution is -2.26. The Kier molecular flexibility index (Phi) is 5.68. The Morgan fingerprint density at radius 3 is 2.42 bits per heavy atom. The van der Waals surface area contributed by atoms with Crippen molar-refractivity contribution >= 4 is 17.5 Å². The lowest BCUT2D eigenvalue weighted by Gasteiger charge is -2.19. The van der Waals surface area contributed by atoms with Crippen molar-refractivity contribution in [2.45, 2.75) is 27.2 Å². The van der Waals surface area contributed by atoms with Crippen molar-refractivity contribution in [3.63, 3.8) is 0 Å². The first-order valence-electron chi connectivity index (χ1n) is 8.03. The zero-order valence-electron chi connectivity index (χ0n) is 14.1. The quantitative estimate of drug-likeness (QED) is 0.642. The van der Waals surface area contributed by atoms with Crippen molar-refractivity contribution in [3.05, 3.63) is 58.3 Å². The highest BCUT2D eigenvalue weighted by Crippen LogP contribution is 2.27. The van der Waals surface area contributed by atoms with E-state index in [1.807, 2.05) is 6.92 Å². The average molecular weight is 327 g/mol. The van der Waals surface area contributed by atoms with Crippen LogP contribution in [0.25, 0.3) is 0 Å². The van der Waals surface area contributed by atoms with Gasteiger partial charge in [-0.3, -0.25) is 9.59 Å². The molecular weight excluding hydrogens is 306 g/mol. The molecular formula is C19H21NO4. The average Bonchev–Trinajstić information content (AvgIpc) is 2.58. The van der Waals surface area contributed by atoms with Gasteiger partial charge in [-0.25, -0.2) is 4.79 Å².